The molecule has 1 aliphatic rings. The average molecular weight is 329 g/mol. The maximum atomic E-state index is 12.4. The molecule has 0 unspecified atom stereocenters. The van der Waals surface area contributed by atoms with Gasteiger partial charge in [0.2, 0.25) is 0 Å². The minimum absolute atomic E-state index is 0.164. The molecular formula is C18H18OSe. The molecule has 0 N–H and O–H groups in total. The van der Waals surface area contributed by atoms with Crippen LogP contribution in [0.5, 0.6) is 0 Å². The predicted octanol–water partition coefficient (Wildman–Crippen LogP) is 3.78. The molecule has 0 aromatic heterocycles. The fraction of sp³-hybridized carbons (Fsp3) is 0.278. The first-order chi connectivity index (χ1) is 9.75. The number of hydrogen-bond acceptors (Lipinski definition) is 1. The van der Waals surface area contributed by atoms with Crippen molar-refractivity contribution in [3.05, 3.63) is 71.8 Å². The van der Waals surface area contributed by atoms with Gasteiger partial charge in [0.15, 0.2) is 0 Å². The van der Waals surface area contributed by atoms with Crippen LogP contribution in [0.1, 0.15) is 34.1 Å². The monoisotopic (exact) mass is 330 g/mol. The maximum absolute atomic E-state index is 12.4. The van der Waals surface area contributed by atoms with E-state index < -0.39 is 0 Å². The van der Waals surface area contributed by atoms with E-state index in [-0.39, 0.29) is 5.92 Å². The zero-order chi connectivity index (χ0) is 13.9. The molecule has 3 rings (SSSR count). The fourth-order valence-corrected chi connectivity index (χ4v) is 6.18. The second-order valence-corrected chi connectivity index (χ2v) is 8.16. The summed E-state index contributed by atoms with van der Waals surface area (Å²) in [4.78, 5) is 13.2. The second kappa shape index (κ2) is 5.95. The van der Waals surface area contributed by atoms with Crippen LogP contribution in [0.15, 0.2) is 60.7 Å². The van der Waals surface area contributed by atoms with Gasteiger partial charge in [0.25, 0.3) is 0 Å². The minimum atomic E-state index is 0.164. The Balaban J connectivity index is 1.89. The number of Topliss-reactive ketones (excluding diaryl/α,β-unsaturated/α-hetero) is 1. The van der Waals surface area contributed by atoms with Crippen molar-refractivity contribution in [2.75, 3.05) is 0 Å². The second-order valence-electron chi connectivity index (χ2n) is 5.33. The number of benzene rings is 2. The molecule has 0 saturated carbocycles. The van der Waals surface area contributed by atoms with E-state index in [1.165, 1.54) is 11.1 Å². The number of ketones is 1. The van der Waals surface area contributed by atoms with E-state index in [2.05, 4.69) is 55.5 Å². The van der Waals surface area contributed by atoms with Crippen molar-refractivity contribution in [3.8, 4) is 0 Å². The molecule has 2 aromatic rings. The number of carbonyl (C=O) groups is 1. The average Bonchev–Trinajstić information content (AvgIpc) is 2.51. The Labute approximate surface area is 126 Å². The van der Waals surface area contributed by atoms with Crippen LogP contribution in [0.3, 0.4) is 0 Å². The zero-order valence-corrected chi connectivity index (χ0v) is 13.2. The molecule has 20 heavy (non-hydrogen) atoms. The van der Waals surface area contributed by atoms with E-state index >= 15 is 0 Å². The van der Waals surface area contributed by atoms with Crippen LogP contribution in [0.25, 0.3) is 0 Å². The van der Waals surface area contributed by atoms with E-state index in [9.17, 15) is 4.79 Å². The van der Waals surface area contributed by atoms with Gasteiger partial charge in [0.05, 0.1) is 0 Å². The van der Waals surface area contributed by atoms with Gasteiger partial charge in [-0.2, -0.15) is 0 Å². The van der Waals surface area contributed by atoms with Crippen LogP contribution in [0.2, 0.25) is 0 Å². The Kier molecular flexibility index (Phi) is 4.05. The third-order valence-electron chi connectivity index (χ3n) is 3.96. The van der Waals surface area contributed by atoms with Crippen molar-refractivity contribution in [1.29, 1.82) is 0 Å². The van der Waals surface area contributed by atoms with Crippen LogP contribution >= 0.6 is 0 Å². The van der Waals surface area contributed by atoms with Crippen LogP contribution in [0.4, 0.5) is 0 Å². The summed E-state index contributed by atoms with van der Waals surface area (Å²) in [6.07, 6.45) is 0.717. The summed E-state index contributed by atoms with van der Waals surface area (Å²) in [6, 6.07) is 21.1. The Morgan fingerprint density at radius 3 is 2.05 bits per heavy atom. The van der Waals surface area contributed by atoms with E-state index in [1.807, 2.05) is 12.1 Å². The third-order valence-corrected chi connectivity index (χ3v) is 7.61. The van der Waals surface area contributed by atoms with Gasteiger partial charge in [-0.1, -0.05) is 0 Å². The van der Waals surface area contributed by atoms with Gasteiger partial charge in [0.1, 0.15) is 0 Å². The van der Waals surface area contributed by atoms with Crippen LogP contribution < -0.4 is 0 Å². The SMILES string of the molecule is C[C@@H]1C(=O)C[C@@H](c2ccccc2)[Se][C@H]1c1ccccc1. The standard InChI is InChI=1S/C18H18OSe/c1-13-16(19)12-17(14-8-4-2-5-9-14)20-18(13)15-10-6-3-7-11-15/h2-11,13,17-18H,12H2,1H3/t13-,17+,18-/m1/s1. The molecule has 1 fully saturated rings. The topological polar surface area (TPSA) is 17.1 Å². The van der Waals surface area contributed by atoms with Gasteiger partial charge in [-0.05, 0) is 0 Å². The molecule has 1 nitrogen and oxygen atoms in total. The van der Waals surface area contributed by atoms with E-state index in [0.717, 1.165) is 0 Å². The first kappa shape index (κ1) is 13.6. The molecule has 2 aromatic carbocycles. The molecule has 0 radical (unpaired) electrons. The summed E-state index contributed by atoms with van der Waals surface area (Å²) in [5.74, 6) is 0.582. The Hall–Kier alpha value is -1.37. The van der Waals surface area contributed by atoms with E-state index in [4.69, 9.17) is 0 Å². The van der Waals surface area contributed by atoms with Gasteiger partial charge in [-0.15, -0.1) is 0 Å². The molecule has 3 atom stereocenters. The van der Waals surface area contributed by atoms with Crippen molar-refractivity contribution >= 4 is 20.7 Å². The van der Waals surface area contributed by atoms with Gasteiger partial charge in [-0.25, -0.2) is 0 Å². The molecule has 2 heteroatoms. The van der Waals surface area contributed by atoms with Gasteiger partial charge in [0, 0.05) is 0 Å². The van der Waals surface area contributed by atoms with Gasteiger partial charge >= 0.3 is 126 Å². The van der Waals surface area contributed by atoms with Crippen molar-refractivity contribution in [2.45, 2.75) is 23.0 Å². The summed E-state index contributed by atoms with van der Waals surface area (Å²) in [5, 5.41) is 0. The molecule has 1 heterocycles. The zero-order valence-electron chi connectivity index (χ0n) is 11.5. The predicted molar refractivity (Wildman–Crippen MR) is 82.9 cm³/mol. The van der Waals surface area contributed by atoms with Crippen LogP contribution in [0, 0.1) is 5.92 Å². The summed E-state index contributed by atoms with van der Waals surface area (Å²) in [6.45, 7) is 2.10. The summed E-state index contributed by atoms with van der Waals surface area (Å²) in [7, 11) is 0. The Bertz CT molecular complexity index is 579. The number of rotatable bonds is 2. The number of hydrogen-bond donors (Lipinski definition) is 0. The first-order valence-corrected chi connectivity index (χ1v) is 9.01. The van der Waals surface area contributed by atoms with E-state index in [0.29, 0.717) is 36.8 Å². The Morgan fingerprint density at radius 2 is 1.45 bits per heavy atom. The third kappa shape index (κ3) is 2.72. The van der Waals surface area contributed by atoms with Crippen molar-refractivity contribution < 1.29 is 4.79 Å². The van der Waals surface area contributed by atoms with Crippen molar-refractivity contribution in [3.63, 3.8) is 0 Å². The van der Waals surface area contributed by atoms with E-state index in [1.54, 1.807) is 0 Å². The quantitative estimate of drug-likeness (QED) is 0.767. The first-order valence-electron chi connectivity index (χ1n) is 7.04. The summed E-state index contributed by atoms with van der Waals surface area (Å²) >= 11 is 0.427. The fourth-order valence-electron chi connectivity index (χ4n) is 2.75. The Morgan fingerprint density at radius 1 is 0.900 bits per heavy atom. The molecule has 102 valence electrons. The molecule has 0 aliphatic carbocycles. The summed E-state index contributed by atoms with van der Waals surface area (Å²) in [5.41, 5.74) is 2.66. The molecule has 1 saturated heterocycles. The van der Waals surface area contributed by atoms with Crippen molar-refractivity contribution in [2.24, 2.45) is 5.92 Å². The van der Waals surface area contributed by atoms with Gasteiger partial charge in [-0.3, -0.25) is 0 Å². The molecule has 0 bridgehead atoms. The van der Waals surface area contributed by atoms with Gasteiger partial charge < -0.3 is 0 Å². The van der Waals surface area contributed by atoms with Crippen LogP contribution in [-0.2, 0) is 4.79 Å². The normalized spacial score (nSPS) is 26.4. The van der Waals surface area contributed by atoms with Crippen molar-refractivity contribution in [1.82, 2.24) is 0 Å². The summed E-state index contributed by atoms with van der Waals surface area (Å²) < 4.78 is 0. The number of carbonyl (C=O) groups excluding carboxylic acids is 1. The molecule has 0 amide bonds. The molecule has 0 spiro atoms. The molecule has 1 aliphatic heterocycles. The van der Waals surface area contributed by atoms with Crippen LogP contribution in [-0.4, -0.2) is 20.7 Å². The molecular weight excluding hydrogens is 311 g/mol.